The van der Waals surface area contributed by atoms with E-state index in [0.29, 0.717) is 11.5 Å². The van der Waals surface area contributed by atoms with Gasteiger partial charge in [-0.3, -0.25) is 0 Å². The second-order valence-corrected chi connectivity index (χ2v) is 4.77. The smallest absolute Gasteiger partial charge is 0.335 e. The molecule has 0 aliphatic carbocycles. The average molecular weight is 220 g/mol. The van der Waals surface area contributed by atoms with Crippen molar-refractivity contribution in [1.29, 1.82) is 0 Å². The maximum absolute atomic E-state index is 10.8. The predicted octanol–water partition coefficient (Wildman–Crippen LogP) is 3.72. The Morgan fingerprint density at radius 2 is 2.13 bits per heavy atom. The highest BCUT2D eigenvalue weighted by Crippen LogP contribution is 2.31. The zero-order valence-corrected chi connectivity index (χ0v) is 9.47. The topological polar surface area (TPSA) is 37.3 Å². The van der Waals surface area contributed by atoms with Crippen molar-refractivity contribution in [2.24, 2.45) is 0 Å². The molecule has 0 amide bonds. The number of benzene rings is 1. The monoisotopic (exact) mass is 220 g/mol. The third-order valence-electron chi connectivity index (χ3n) is 2.47. The third kappa shape index (κ3) is 1.75. The van der Waals surface area contributed by atoms with Gasteiger partial charge in [0, 0.05) is 4.70 Å². The van der Waals surface area contributed by atoms with Crippen molar-refractivity contribution in [3.63, 3.8) is 0 Å². The van der Waals surface area contributed by atoms with Crippen LogP contribution in [0.1, 0.15) is 35.7 Å². The van der Waals surface area contributed by atoms with Gasteiger partial charge in [0.1, 0.15) is 0 Å². The van der Waals surface area contributed by atoms with E-state index in [1.54, 1.807) is 23.5 Å². The van der Waals surface area contributed by atoms with Crippen LogP contribution in [0.3, 0.4) is 0 Å². The second-order valence-electron chi connectivity index (χ2n) is 3.86. The number of carboxylic acids is 1. The molecule has 0 bridgehead atoms. The maximum atomic E-state index is 10.8. The van der Waals surface area contributed by atoms with Crippen LogP contribution in [0.5, 0.6) is 0 Å². The number of aromatic carboxylic acids is 1. The summed E-state index contributed by atoms with van der Waals surface area (Å²) in [7, 11) is 0. The predicted molar refractivity (Wildman–Crippen MR) is 62.9 cm³/mol. The van der Waals surface area contributed by atoms with E-state index in [0.717, 1.165) is 4.70 Å². The standard InChI is InChI=1S/C12H12O2S/c1-7(2)10-6-15-11-5-8(12(13)14)3-4-9(10)11/h3-7H,1-2H3,(H,13,14). The van der Waals surface area contributed by atoms with E-state index in [9.17, 15) is 4.79 Å². The second kappa shape index (κ2) is 3.66. The summed E-state index contributed by atoms with van der Waals surface area (Å²) in [5.74, 6) is -0.383. The third-order valence-corrected chi connectivity index (χ3v) is 3.44. The van der Waals surface area contributed by atoms with E-state index in [1.807, 2.05) is 6.07 Å². The molecule has 0 fully saturated rings. The van der Waals surface area contributed by atoms with Crippen LogP contribution in [0.4, 0.5) is 0 Å². The lowest BCUT2D eigenvalue weighted by atomic mass is 10.0. The Balaban J connectivity index is 2.61. The summed E-state index contributed by atoms with van der Waals surface area (Å²) in [5.41, 5.74) is 1.66. The molecule has 0 unspecified atom stereocenters. The molecule has 0 atom stereocenters. The molecule has 1 N–H and O–H groups in total. The minimum atomic E-state index is -0.864. The number of rotatable bonds is 2. The molecule has 1 heterocycles. The Hall–Kier alpha value is -1.35. The number of thiophene rings is 1. The van der Waals surface area contributed by atoms with Crippen LogP contribution in [0, 0.1) is 0 Å². The molecule has 0 aliphatic heterocycles. The summed E-state index contributed by atoms with van der Waals surface area (Å²) in [6.45, 7) is 4.29. The van der Waals surface area contributed by atoms with Gasteiger partial charge in [0.2, 0.25) is 0 Å². The van der Waals surface area contributed by atoms with Crippen LogP contribution in [0.2, 0.25) is 0 Å². The van der Waals surface area contributed by atoms with Crippen molar-refractivity contribution >= 4 is 27.4 Å². The molecular formula is C12H12O2S. The fourth-order valence-electron chi connectivity index (χ4n) is 1.63. The van der Waals surface area contributed by atoms with Gasteiger partial charge in [0.15, 0.2) is 0 Å². The summed E-state index contributed by atoms with van der Waals surface area (Å²) >= 11 is 1.61. The Morgan fingerprint density at radius 3 is 2.73 bits per heavy atom. The molecule has 3 heteroatoms. The molecule has 1 aromatic carbocycles. The molecule has 2 rings (SSSR count). The molecule has 15 heavy (non-hydrogen) atoms. The number of fused-ring (bicyclic) bond motifs is 1. The Morgan fingerprint density at radius 1 is 1.40 bits per heavy atom. The highest BCUT2D eigenvalue weighted by atomic mass is 32.1. The number of hydrogen-bond acceptors (Lipinski definition) is 2. The number of carboxylic acid groups (broad SMARTS) is 1. The van der Waals surface area contributed by atoms with E-state index in [1.165, 1.54) is 10.9 Å². The van der Waals surface area contributed by atoms with Gasteiger partial charge in [-0.1, -0.05) is 19.9 Å². The minimum Gasteiger partial charge on any atom is -0.478 e. The van der Waals surface area contributed by atoms with Crippen molar-refractivity contribution in [3.05, 3.63) is 34.7 Å². The molecule has 2 nitrogen and oxygen atoms in total. The van der Waals surface area contributed by atoms with Gasteiger partial charge in [0.25, 0.3) is 0 Å². The maximum Gasteiger partial charge on any atom is 0.335 e. The molecule has 2 aromatic rings. The zero-order chi connectivity index (χ0) is 11.0. The van der Waals surface area contributed by atoms with Crippen LogP contribution in [-0.2, 0) is 0 Å². The van der Waals surface area contributed by atoms with E-state index < -0.39 is 5.97 Å². The molecule has 0 saturated heterocycles. The summed E-state index contributed by atoms with van der Waals surface area (Å²) in [6, 6.07) is 5.32. The van der Waals surface area contributed by atoms with Crippen molar-refractivity contribution in [1.82, 2.24) is 0 Å². The lowest BCUT2D eigenvalue weighted by molar-refractivity contribution is 0.0697. The van der Waals surface area contributed by atoms with Crippen molar-refractivity contribution in [2.75, 3.05) is 0 Å². The van der Waals surface area contributed by atoms with Gasteiger partial charge < -0.3 is 5.11 Å². The molecular weight excluding hydrogens is 208 g/mol. The van der Waals surface area contributed by atoms with Crippen LogP contribution in [0.15, 0.2) is 23.6 Å². The quantitative estimate of drug-likeness (QED) is 0.837. The summed E-state index contributed by atoms with van der Waals surface area (Å²) in [4.78, 5) is 10.8. The van der Waals surface area contributed by atoms with Crippen molar-refractivity contribution < 1.29 is 9.90 Å². The summed E-state index contributed by atoms with van der Waals surface area (Å²) in [6.07, 6.45) is 0. The van der Waals surface area contributed by atoms with Crippen LogP contribution in [-0.4, -0.2) is 11.1 Å². The number of hydrogen-bond donors (Lipinski definition) is 1. The van der Waals surface area contributed by atoms with Gasteiger partial charge >= 0.3 is 5.97 Å². The van der Waals surface area contributed by atoms with Crippen molar-refractivity contribution in [3.8, 4) is 0 Å². The zero-order valence-electron chi connectivity index (χ0n) is 8.65. The minimum absolute atomic E-state index is 0.361. The van der Waals surface area contributed by atoms with Crippen LogP contribution < -0.4 is 0 Å². The fourth-order valence-corrected chi connectivity index (χ4v) is 2.79. The molecule has 78 valence electrons. The largest absolute Gasteiger partial charge is 0.478 e. The summed E-state index contributed by atoms with van der Waals surface area (Å²) in [5, 5.41) is 12.2. The van der Waals surface area contributed by atoms with Gasteiger partial charge in [-0.25, -0.2) is 4.79 Å². The van der Waals surface area contributed by atoms with Gasteiger partial charge in [-0.2, -0.15) is 0 Å². The lowest BCUT2D eigenvalue weighted by Gasteiger charge is -2.02. The lowest BCUT2D eigenvalue weighted by Crippen LogP contribution is -1.94. The highest BCUT2D eigenvalue weighted by molar-refractivity contribution is 7.17. The van der Waals surface area contributed by atoms with E-state index >= 15 is 0 Å². The molecule has 0 saturated carbocycles. The highest BCUT2D eigenvalue weighted by Gasteiger charge is 2.10. The molecule has 1 aromatic heterocycles. The molecule has 0 radical (unpaired) electrons. The number of carbonyl (C=O) groups is 1. The van der Waals surface area contributed by atoms with Gasteiger partial charge in [-0.15, -0.1) is 11.3 Å². The van der Waals surface area contributed by atoms with Crippen LogP contribution in [0.25, 0.3) is 10.1 Å². The summed E-state index contributed by atoms with van der Waals surface area (Å²) < 4.78 is 1.05. The first-order valence-corrected chi connectivity index (χ1v) is 5.72. The Bertz CT molecular complexity index is 511. The van der Waals surface area contributed by atoms with Crippen molar-refractivity contribution in [2.45, 2.75) is 19.8 Å². The Labute approximate surface area is 92.2 Å². The van der Waals surface area contributed by atoms with Gasteiger partial charge in [0.05, 0.1) is 5.56 Å². The first kappa shape index (κ1) is 10.2. The SMILES string of the molecule is CC(C)c1csc2cc(C(=O)O)ccc12. The van der Waals surface area contributed by atoms with E-state index in [2.05, 4.69) is 19.2 Å². The normalized spacial score (nSPS) is 11.1. The first-order chi connectivity index (χ1) is 7.09. The van der Waals surface area contributed by atoms with E-state index in [-0.39, 0.29) is 0 Å². The van der Waals surface area contributed by atoms with Gasteiger partial charge in [-0.05, 0) is 34.4 Å². The van der Waals surface area contributed by atoms with E-state index in [4.69, 9.17) is 5.11 Å². The fraction of sp³-hybridized carbons (Fsp3) is 0.250. The Kier molecular flexibility index (Phi) is 2.49. The molecule has 0 aliphatic rings. The average Bonchev–Trinajstić information content (AvgIpc) is 2.59. The first-order valence-electron chi connectivity index (χ1n) is 4.84. The molecule has 0 spiro atoms. The van der Waals surface area contributed by atoms with Crippen LogP contribution >= 0.6 is 11.3 Å².